The lowest BCUT2D eigenvalue weighted by molar-refractivity contribution is 0.102. The molecule has 2 aromatic rings. The predicted molar refractivity (Wildman–Crippen MR) is 106 cm³/mol. The largest absolute Gasteiger partial charge is 0.490 e. The Balaban J connectivity index is 2.43. The van der Waals surface area contributed by atoms with E-state index in [2.05, 4.69) is 10.3 Å². The summed E-state index contributed by atoms with van der Waals surface area (Å²) in [6.07, 6.45) is 0. The number of nitrogens with zero attached hydrogens (tertiary/aromatic N) is 1. The lowest BCUT2D eigenvalue weighted by Gasteiger charge is -2.17. The lowest BCUT2D eigenvalue weighted by Crippen LogP contribution is -2.15. The number of nitrogens with one attached hydrogen (secondary N) is 1. The van der Waals surface area contributed by atoms with Gasteiger partial charge in [0.25, 0.3) is 5.91 Å². The molecule has 0 radical (unpaired) electrons. The van der Waals surface area contributed by atoms with E-state index in [-0.39, 0.29) is 5.91 Å². The predicted octanol–water partition coefficient (Wildman–Crippen LogP) is 4.46. The maximum atomic E-state index is 12.9. The molecule has 0 saturated heterocycles. The Labute approximate surface area is 160 Å². The van der Waals surface area contributed by atoms with E-state index >= 15 is 0 Å². The normalized spacial score (nSPS) is 10.4. The fourth-order valence-corrected chi connectivity index (χ4v) is 2.92. The number of hydrogen-bond donors (Lipinski definition) is 1. The zero-order valence-electron chi connectivity index (χ0n) is 16.9. The molecule has 1 heterocycles. The lowest BCUT2D eigenvalue weighted by atomic mass is 10.1. The number of aromatic nitrogens is 1. The van der Waals surface area contributed by atoms with Gasteiger partial charge in [0.2, 0.25) is 5.75 Å². The van der Waals surface area contributed by atoms with Gasteiger partial charge in [-0.25, -0.2) is 0 Å². The molecule has 0 atom stereocenters. The Morgan fingerprint density at radius 2 is 1.48 bits per heavy atom. The van der Waals surface area contributed by atoms with Gasteiger partial charge in [-0.15, -0.1) is 0 Å². The fraction of sp³-hybridized carbons (Fsp3) is 0.429. The van der Waals surface area contributed by atoms with Gasteiger partial charge < -0.3 is 19.5 Å². The van der Waals surface area contributed by atoms with Crippen LogP contribution < -0.4 is 19.5 Å². The van der Waals surface area contributed by atoms with Crippen molar-refractivity contribution >= 4 is 11.6 Å². The van der Waals surface area contributed by atoms with E-state index in [1.807, 2.05) is 47.6 Å². The van der Waals surface area contributed by atoms with Crippen molar-refractivity contribution in [2.75, 3.05) is 25.1 Å². The van der Waals surface area contributed by atoms with E-state index in [9.17, 15) is 4.79 Å². The summed E-state index contributed by atoms with van der Waals surface area (Å²) in [6.45, 7) is 12.8. The van der Waals surface area contributed by atoms with Crippen molar-refractivity contribution in [1.29, 1.82) is 0 Å². The van der Waals surface area contributed by atoms with Crippen LogP contribution in [0.15, 0.2) is 18.2 Å². The number of amides is 1. The molecular formula is C21H28N2O4. The number of carbonyl (C=O) groups is 1. The van der Waals surface area contributed by atoms with Gasteiger partial charge in [-0.3, -0.25) is 9.78 Å². The molecule has 0 fully saturated rings. The number of hydrogen-bond acceptors (Lipinski definition) is 5. The minimum absolute atomic E-state index is 0.253. The highest BCUT2D eigenvalue weighted by Crippen LogP contribution is 2.39. The molecule has 1 amide bonds. The summed E-state index contributed by atoms with van der Waals surface area (Å²) in [5.74, 6) is 1.25. The zero-order valence-corrected chi connectivity index (χ0v) is 16.9. The van der Waals surface area contributed by atoms with Crippen molar-refractivity contribution in [3.05, 3.63) is 40.7 Å². The average Bonchev–Trinajstić information content (AvgIpc) is 2.60. The van der Waals surface area contributed by atoms with Gasteiger partial charge in [-0.05, 0) is 65.3 Å². The highest BCUT2D eigenvalue weighted by atomic mass is 16.5. The first-order valence-electron chi connectivity index (χ1n) is 9.23. The molecule has 1 N–H and O–H groups in total. The second-order valence-electron chi connectivity index (χ2n) is 6.10. The van der Waals surface area contributed by atoms with Gasteiger partial charge in [0.15, 0.2) is 11.5 Å². The maximum Gasteiger partial charge on any atom is 0.255 e. The third kappa shape index (κ3) is 4.90. The Kier molecular flexibility index (Phi) is 7.05. The minimum atomic E-state index is -0.253. The van der Waals surface area contributed by atoms with E-state index < -0.39 is 0 Å². The van der Waals surface area contributed by atoms with Crippen molar-refractivity contribution in [3.63, 3.8) is 0 Å². The van der Waals surface area contributed by atoms with E-state index in [1.54, 1.807) is 12.1 Å². The van der Waals surface area contributed by atoms with E-state index in [0.717, 1.165) is 22.6 Å². The topological polar surface area (TPSA) is 69.7 Å². The summed E-state index contributed by atoms with van der Waals surface area (Å²) in [4.78, 5) is 17.3. The molecule has 0 spiro atoms. The van der Waals surface area contributed by atoms with Crippen molar-refractivity contribution in [2.24, 2.45) is 0 Å². The molecule has 0 aliphatic heterocycles. The molecule has 0 bridgehead atoms. The summed E-state index contributed by atoms with van der Waals surface area (Å²) in [6, 6.07) is 5.30. The second-order valence-corrected chi connectivity index (χ2v) is 6.10. The van der Waals surface area contributed by atoms with E-state index in [1.165, 1.54) is 0 Å². The van der Waals surface area contributed by atoms with Crippen LogP contribution in [0.5, 0.6) is 17.2 Å². The Morgan fingerprint density at radius 3 is 1.96 bits per heavy atom. The highest BCUT2D eigenvalue weighted by molar-refractivity contribution is 6.05. The molecular weight excluding hydrogens is 344 g/mol. The number of anilines is 1. The number of benzene rings is 1. The molecule has 146 valence electrons. The summed E-state index contributed by atoms with van der Waals surface area (Å²) < 4.78 is 17.1. The monoisotopic (exact) mass is 372 g/mol. The van der Waals surface area contributed by atoms with Crippen LogP contribution in [-0.2, 0) is 0 Å². The molecule has 0 unspecified atom stereocenters. The van der Waals surface area contributed by atoms with Gasteiger partial charge in [-0.1, -0.05) is 0 Å². The van der Waals surface area contributed by atoms with E-state index in [0.29, 0.717) is 42.6 Å². The second kappa shape index (κ2) is 9.26. The zero-order chi connectivity index (χ0) is 20.0. The van der Waals surface area contributed by atoms with Crippen LogP contribution in [0.2, 0.25) is 0 Å². The third-order valence-corrected chi connectivity index (χ3v) is 3.94. The molecule has 0 aliphatic carbocycles. The van der Waals surface area contributed by atoms with Crippen molar-refractivity contribution in [3.8, 4) is 17.2 Å². The molecule has 6 nitrogen and oxygen atoms in total. The Bertz CT molecular complexity index is 768. The maximum absolute atomic E-state index is 12.9. The van der Waals surface area contributed by atoms with Crippen LogP contribution in [0.25, 0.3) is 0 Å². The molecule has 6 heteroatoms. The quantitative estimate of drug-likeness (QED) is 0.741. The molecule has 1 aromatic heterocycles. The van der Waals surface area contributed by atoms with Crippen molar-refractivity contribution in [1.82, 2.24) is 4.98 Å². The van der Waals surface area contributed by atoms with Gasteiger partial charge in [0.1, 0.15) is 0 Å². The van der Waals surface area contributed by atoms with Crippen LogP contribution in [0, 0.1) is 20.8 Å². The van der Waals surface area contributed by atoms with Gasteiger partial charge in [0.05, 0.1) is 31.2 Å². The number of pyridine rings is 1. The van der Waals surface area contributed by atoms with Gasteiger partial charge >= 0.3 is 0 Å². The summed E-state index contributed by atoms with van der Waals surface area (Å²) >= 11 is 0. The molecule has 0 aliphatic rings. The standard InChI is InChI=1S/C21H28N2O4/c1-7-25-17-11-16(12-18(26-8-2)20(17)27-9-3)21(24)23-19-13(4)10-14(5)22-15(19)6/h10-12H,7-9H2,1-6H3,(H,23,24). The van der Waals surface area contributed by atoms with Crippen LogP contribution in [-0.4, -0.2) is 30.7 Å². The van der Waals surface area contributed by atoms with Crippen molar-refractivity contribution < 1.29 is 19.0 Å². The molecule has 2 rings (SSSR count). The summed E-state index contributed by atoms with van der Waals surface area (Å²) in [5, 5.41) is 2.96. The fourth-order valence-electron chi connectivity index (χ4n) is 2.92. The first-order valence-corrected chi connectivity index (χ1v) is 9.23. The van der Waals surface area contributed by atoms with Crippen LogP contribution >= 0.6 is 0 Å². The number of carbonyl (C=O) groups excluding carboxylic acids is 1. The number of rotatable bonds is 8. The molecule has 27 heavy (non-hydrogen) atoms. The van der Waals surface area contributed by atoms with Gasteiger partial charge in [0, 0.05) is 11.3 Å². The number of ether oxygens (including phenoxy) is 3. The van der Waals surface area contributed by atoms with Crippen LogP contribution in [0.3, 0.4) is 0 Å². The first kappa shape index (κ1) is 20.6. The van der Waals surface area contributed by atoms with Gasteiger partial charge in [-0.2, -0.15) is 0 Å². The average molecular weight is 372 g/mol. The Morgan fingerprint density at radius 1 is 0.926 bits per heavy atom. The smallest absolute Gasteiger partial charge is 0.255 e. The summed E-state index contributed by atoms with van der Waals surface area (Å²) in [7, 11) is 0. The minimum Gasteiger partial charge on any atom is -0.490 e. The SMILES string of the molecule is CCOc1cc(C(=O)Nc2c(C)cc(C)nc2C)cc(OCC)c1OCC. The van der Waals surface area contributed by atoms with E-state index in [4.69, 9.17) is 14.2 Å². The van der Waals surface area contributed by atoms with Crippen LogP contribution in [0.4, 0.5) is 5.69 Å². The van der Waals surface area contributed by atoms with Crippen molar-refractivity contribution in [2.45, 2.75) is 41.5 Å². The van der Waals surface area contributed by atoms with Crippen LogP contribution in [0.1, 0.15) is 48.1 Å². The first-order chi connectivity index (χ1) is 12.9. The highest BCUT2D eigenvalue weighted by Gasteiger charge is 2.19. The number of aryl methyl sites for hydroxylation is 3. The molecule has 1 aromatic carbocycles. The Hall–Kier alpha value is -2.76. The summed E-state index contributed by atoms with van der Waals surface area (Å²) in [5.41, 5.74) is 3.82. The molecule has 0 saturated carbocycles. The third-order valence-electron chi connectivity index (χ3n) is 3.94.